The van der Waals surface area contributed by atoms with Gasteiger partial charge in [-0.15, -0.1) is 0 Å². The number of aromatic nitrogens is 1. The second-order valence-electron chi connectivity index (χ2n) is 7.47. The van der Waals surface area contributed by atoms with Crippen LogP contribution in [0.1, 0.15) is 41.6 Å². The normalized spacial score (nSPS) is 17.9. The van der Waals surface area contributed by atoms with Gasteiger partial charge < -0.3 is 14.8 Å². The molecular weight excluding hydrogens is 390 g/mol. The number of amides is 1. The molecule has 1 aliphatic carbocycles. The smallest absolute Gasteiger partial charge is 0.255 e. The molecule has 0 aliphatic heterocycles. The maximum absolute atomic E-state index is 12.9. The molecule has 156 valence electrons. The Hall–Kier alpha value is -3.85. The zero-order valence-corrected chi connectivity index (χ0v) is 17.0. The number of carbonyl (C=O) groups is 1. The van der Waals surface area contributed by atoms with Gasteiger partial charge in [0.25, 0.3) is 5.91 Å². The van der Waals surface area contributed by atoms with Crippen LogP contribution in [0.15, 0.2) is 72.9 Å². The zero-order valence-electron chi connectivity index (χ0n) is 17.0. The topological polar surface area (TPSA) is 84.2 Å². The van der Waals surface area contributed by atoms with Crippen LogP contribution in [-0.2, 0) is 0 Å². The summed E-state index contributed by atoms with van der Waals surface area (Å²) in [7, 11) is 0. The summed E-state index contributed by atoms with van der Waals surface area (Å²) in [6.45, 7) is 0. The molecule has 31 heavy (non-hydrogen) atoms. The zero-order chi connectivity index (χ0) is 21.5. The first kappa shape index (κ1) is 20.4. The van der Waals surface area contributed by atoms with Crippen molar-refractivity contribution in [1.82, 2.24) is 10.3 Å². The van der Waals surface area contributed by atoms with E-state index in [1.54, 1.807) is 24.3 Å². The lowest BCUT2D eigenvalue weighted by Crippen LogP contribution is -2.39. The first-order valence-electron chi connectivity index (χ1n) is 10.4. The summed E-state index contributed by atoms with van der Waals surface area (Å²) in [6, 6.07) is 22.2. The molecule has 4 rings (SSSR count). The molecule has 1 fully saturated rings. The number of nitriles is 1. The van der Waals surface area contributed by atoms with Gasteiger partial charge in [0.15, 0.2) is 0 Å². The van der Waals surface area contributed by atoms with Crippen molar-refractivity contribution in [3.05, 3.63) is 84.1 Å². The van der Waals surface area contributed by atoms with Crippen LogP contribution in [0.5, 0.6) is 17.4 Å². The summed E-state index contributed by atoms with van der Waals surface area (Å²) in [5.74, 6) is 1.62. The first-order chi connectivity index (χ1) is 15.2. The lowest BCUT2D eigenvalue weighted by atomic mass is 9.92. The molecule has 2 aromatic carbocycles. The summed E-state index contributed by atoms with van der Waals surface area (Å²) >= 11 is 0. The van der Waals surface area contributed by atoms with Crippen molar-refractivity contribution >= 4 is 5.91 Å². The van der Waals surface area contributed by atoms with Crippen molar-refractivity contribution < 1.29 is 14.3 Å². The van der Waals surface area contributed by atoms with Crippen LogP contribution in [0.4, 0.5) is 0 Å². The number of para-hydroxylation sites is 2. The molecule has 3 aromatic rings. The fourth-order valence-corrected chi connectivity index (χ4v) is 3.63. The van der Waals surface area contributed by atoms with Crippen molar-refractivity contribution in [2.45, 2.75) is 37.8 Å². The number of hydrogen-bond donors (Lipinski definition) is 1. The molecule has 6 nitrogen and oxygen atoms in total. The molecule has 1 amide bonds. The third-order valence-corrected chi connectivity index (χ3v) is 5.26. The Morgan fingerprint density at radius 3 is 2.42 bits per heavy atom. The first-order valence-corrected chi connectivity index (χ1v) is 10.4. The van der Waals surface area contributed by atoms with E-state index < -0.39 is 0 Å². The van der Waals surface area contributed by atoms with Crippen molar-refractivity contribution in [1.29, 1.82) is 5.26 Å². The molecule has 0 unspecified atom stereocenters. The number of pyridine rings is 1. The minimum absolute atomic E-state index is 0.0577. The quantitative estimate of drug-likeness (QED) is 0.623. The van der Waals surface area contributed by atoms with Gasteiger partial charge in [0.05, 0.1) is 11.1 Å². The van der Waals surface area contributed by atoms with Gasteiger partial charge in [-0.1, -0.05) is 30.3 Å². The molecule has 0 radical (unpaired) electrons. The van der Waals surface area contributed by atoms with E-state index in [1.165, 1.54) is 6.20 Å². The Morgan fingerprint density at radius 1 is 0.968 bits per heavy atom. The van der Waals surface area contributed by atoms with Crippen molar-refractivity contribution in [3.63, 3.8) is 0 Å². The van der Waals surface area contributed by atoms with Crippen LogP contribution in [0.3, 0.4) is 0 Å². The second kappa shape index (κ2) is 9.77. The van der Waals surface area contributed by atoms with Crippen LogP contribution in [0.2, 0.25) is 0 Å². The van der Waals surface area contributed by atoms with Gasteiger partial charge in [-0.25, -0.2) is 4.98 Å². The van der Waals surface area contributed by atoms with E-state index in [0.29, 0.717) is 28.5 Å². The molecule has 0 saturated heterocycles. The predicted octanol–water partition coefficient (Wildman–Crippen LogP) is 4.87. The Balaban J connectivity index is 1.31. The van der Waals surface area contributed by atoms with Crippen molar-refractivity contribution in [2.75, 3.05) is 0 Å². The highest BCUT2D eigenvalue weighted by molar-refractivity contribution is 5.97. The van der Waals surface area contributed by atoms with Crippen molar-refractivity contribution in [3.8, 4) is 23.4 Å². The van der Waals surface area contributed by atoms with Gasteiger partial charge in [-0.3, -0.25) is 4.79 Å². The number of nitrogens with zero attached hydrogens (tertiary/aromatic N) is 2. The highest BCUT2D eigenvalue weighted by Gasteiger charge is 2.25. The summed E-state index contributed by atoms with van der Waals surface area (Å²) in [5.41, 5.74) is 1.03. The molecule has 1 aromatic heterocycles. The fourth-order valence-electron chi connectivity index (χ4n) is 3.63. The molecule has 1 aliphatic rings. The molecule has 1 heterocycles. The van der Waals surface area contributed by atoms with E-state index >= 15 is 0 Å². The van der Waals surface area contributed by atoms with Gasteiger partial charge in [-0.2, -0.15) is 5.26 Å². The number of carbonyl (C=O) groups excluding carboxylic acids is 1. The van der Waals surface area contributed by atoms with E-state index in [4.69, 9.17) is 14.7 Å². The Kier molecular flexibility index (Phi) is 6.44. The van der Waals surface area contributed by atoms with E-state index in [0.717, 1.165) is 25.7 Å². The molecule has 6 heteroatoms. The molecular formula is C25H23N3O3. The lowest BCUT2D eigenvalue weighted by molar-refractivity contribution is 0.0888. The Labute approximate surface area is 181 Å². The number of rotatable bonds is 6. The highest BCUT2D eigenvalue weighted by atomic mass is 16.5. The van der Waals surface area contributed by atoms with E-state index in [9.17, 15) is 4.79 Å². The third kappa shape index (κ3) is 5.40. The minimum Gasteiger partial charge on any atom is -0.474 e. The van der Waals surface area contributed by atoms with Crippen LogP contribution in [-0.4, -0.2) is 23.0 Å². The van der Waals surface area contributed by atoms with Crippen LogP contribution in [0.25, 0.3) is 0 Å². The maximum atomic E-state index is 12.9. The second-order valence-corrected chi connectivity index (χ2v) is 7.47. The third-order valence-electron chi connectivity index (χ3n) is 5.26. The summed E-state index contributed by atoms with van der Waals surface area (Å²) in [4.78, 5) is 17.1. The van der Waals surface area contributed by atoms with Crippen molar-refractivity contribution in [2.24, 2.45) is 0 Å². The predicted molar refractivity (Wildman–Crippen MR) is 116 cm³/mol. The summed E-state index contributed by atoms with van der Waals surface area (Å²) in [6.07, 6.45) is 4.88. The van der Waals surface area contributed by atoms with E-state index in [1.807, 2.05) is 48.5 Å². The largest absolute Gasteiger partial charge is 0.474 e. The number of benzene rings is 2. The summed E-state index contributed by atoms with van der Waals surface area (Å²) in [5, 5.41) is 12.0. The standard InChI is InChI=1S/C25H23N3O3/c26-16-18-10-15-24(27-17-18)31-21-13-11-19(12-14-21)28-25(29)22-8-4-5-9-23(22)30-20-6-2-1-3-7-20/h1-10,15,17,19,21H,11-14H2,(H,28,29). The monoisotopic (exact) mass is 413 g/mol. The van der Waals surface area contributed by atoms with Gasteiger partial charge in [0.1, 0.15) is 23.7 Å². The minimum atomic E-state index is -0.135. The SMILES string of the molecule is N#Cc1ccc(OC2CCC(NC(=O)c3ccccc3Oc3ccccc3)CC2)nc1. The van der Waals surface area contributed by atoms with Crippen LogP contribution < -0.4 is 14.8 Å². The van der Waals surface area contributed by atoms with E-state index in [2.05, 4.69) is 10.3 Å². The maximum Gasteiger partial charge on any atom is 0.255 e. The van der Waals surface area contributed by atoms with Gasteiger partial charge in [0.2, 0.25) is 5.88 Å². The molecule has 0 spiro atoms. The number of nitrogens with one attached hydrogen (secondary N) is 1. The van der Waals surface area contributed by atoms with E-state index in [-0.39, 0.29) is 18.1 Å². The van der Waals surface area contributed by atoms with Crippen LogP contribution in [0, 0.1) is 11.3 Å². The molecule has 0 bridgehead atoms. The Morgan fingerprint density at radius 2 is 1.71 bits per heavy atom. The van der Waals surface area contributed by atoms with Crippen LogP contribution >= 0.6 is 0 Å². The molecule has 1 saturated carbocycles. The Bertz CT molecular complexity index is 1050. The summed E-state index contributed by atoms with van der Waals surface area (Å²) < 4.78 is 11.8. The van der Waals surface area contributed by atoms with Gasteiger partial charge in [0, 0.05) is 18.3 Å². The van der Waals surface area contributed by atoms with Gasteiger partial charge >= 0.3 is 0 Å². The lowest BCUT2D eigenvalue weighted by Gasteiger charge is -2.29. The average molecular weight is 413 g/mol. The molecule has 0 atom stereocenters. The average Bonchev–Trinajstić information content (AvgIpc) is 2.82. The highest BCUT2D eigenvalue weighted by Crippen LogP contribution is 2.27. The molecule has 1 N–H and O–H groups in total. The van der Waals surface area contributed by atoms with Gasteiger partial charge in [-0.05, 0) is 56.0 Å². The fraction of sp³-hybridized carbons (Fsp3) is 0.240. The number of hydrogen-bond acceptors (Lipinski definition) is 5. The number of ether oxygens (including phenoxy) is 2.